The first-order valence-corrected chi connectivity index (χ1v) is 19.0. The summed E-state index contributed by atoms with van der Waals surface area (Å²) in [5.41, 5.74) is 10.0. The quantitative estimate of drug-likeness (QED) is 0.168. The molecule has 278 valence electrons. The molecule has 5 aromatic carbocycles. The van der Waals surface area contributed by atoms with Gasteiger partial charge in [-0.05, 0) is 84.0 Å². The van der Waals surface area contributed by atoms with Gasteiger partial charge in [0.05, 0.1) is 50.8 Å². The van der Waals surface area contributed by atoms with Gasteiger partial charge in [0.15, 0.2) is 11.6 Å². The SMILES string of the molecule is Cc1cc(-c2c(-n3c4ccccc4c4ccc(-c5nc(C)nc(C)n5)cc43)cc(C#N)cc2-n2c3ccccc3c3ccc(-c4nc(C)nc(C)n4)cc32)nc(C)n1. The molecule has 11 nitrogen and oxygen atoms in total. The fraction of sp³-hybridized carbons (Fsp3) is 0.128. The van der Waals surface area contributed by atoms with E-state index in [1.165, 1.54) is 0 Å². The minimum atomic E-state index is 0.493. The lowest BCUT2D eigenvalue weighted by molar-refractivity contribution is 0.928. The molecule has 0 saturated carbocycles. The summed E-state index contributed by atoms with van der Waals surface area (Å²) in [6, 6.07) is 37.8. The number of aryl methyl sites for hydroxylation is 6. The molecule has 58 heavy (non-hydrogen) atoms. The Bertz CT molecular complexity index is 3140. The van der Waals surface area contributed by atoms with Crippen molar-refractivity contribution < 1.29 is 0 Å². The summed E-state index contributed by atoms with van der Waals surface area (Å²) < 4.78 is 4.49. The van der Waals surface area contributed by atoms with Crippen molar-refractivity contribution in [1.82, 2.24) is 49.0 Å². The second-order valence-corrected chi connectivity index (χ2v) is 14.6. The molecule has 0 aliphatic rings. The molecular formula is C47H35N11. The molecule has 10 rings (SSSR count). The highest BCUT2D eigenvalue weighted by Crippen LogP contribution is 2.43. The highest BCUT2D eigenvalue weighted by atomic mass is 15.1. The third-order valence-corrected chi connectivity index (χ3v) is 10.5. The van der Waals surface area contributed by atoms with Crippen molar-refractivity contribution in [3.8, 4) is 51.5 Å². The first-order chi connectivity index (χ1) is 28.1. The van der Waals surface area contributed by atoms with Gasteiger partial charge in [-0.15, -0.1) is 0 Å². The van der Waals surface area contributed by atoms with Gasteiger partial charge >= 0.3 is 0 Å². The zero-order valence-electron chi connectivity index (χ0n) is 32.7. The number of rotatable bonds is 5. The molecule has 0 radical (unpaired) electrons. The summed E-state index contributed by atoms with van der Waals surface area (Å²) in [5, 5.41) is 15.1. The smallest absolute Gasteiger partial charge is 0.163 e. The maximum Gasteiger partial charge on any atom is 0.163 e. The molecule has 0 amide bonds. The van der Waals surface area contributed by atoms with Crippen LogP contribution >= 0.6 is 0 Å². The number of hydrogen-bond acceptors (Lipinski definition) is 9. The zero-order chi connectivity index (χ0) is 39.8. The Balaban J connectivity index is 1.37. The van der Waals surface area contributed by atoms with Crippen molar-refractivity contribution in [2.45, 2.75) is 41.5 Å². The summed E-state index contributed by atoms with van der Waals surface area (Å²) in [5.74, 6) is 4.46. The van der Waals surface area contributed by atoms with Gasteiger partial charge in [-0.3, -0.25) is 0 Å². The number of aromatic nitrogens is 10. The molecule has 0 unspecified atom stereocenters. The van der Waals surface area contributed by atoms with Gasteiger partial charge in [0.2, 0.25) is 0 Å². The van der Waals surface area contributed by atoms with Crippen LogP contribution in [-0.4, -0.2) is 49.0 Å². The van der Waals surface area contributed by atoms with Crippen LogP contribution in [-0.2, 0) is 0 Å². The molecule has 0 spiro atoms. The summed E-state index contributed by atoms with van der Waals surface area (Å²) in [4.78, 5) is 37.5. The van der Waals surface area contributed by atoms with Crippen LogP contribution in [0.15, 0.2) is 103 Å². The normalized spacial score (nSPS) is 11.6. The molecule has 0 fully saturated rings. The summed E-state index contributed by atoms with van der Waals surface area (Å²) >= 11 is 0. The van der Waals surface area contributed by atoms with Gasteiger partial charge in [0.25, 0.3) is 0 Å². The zero-order valence-corrected chi connectivity index (χ0v) is 32.7. The van der Waals surface area contributed by atoms with Gasteiger partial charge in [-0.1, -0.05) is 60.7 Å². The predicted molar refractivity (Wildman–Crippen MR) is 227 cm³/mol. The summed E-state index contributed by atoms with van der Waals surface area (Å²) in [7, 11) is 0. The van der Waals surface area contributed by atoms with E-state index < -0.39 is 0 Å². The number of fused-ring (bicyclic) bond motifs is 6. The van der Waals surface area contributed by atoms with E-state index in [0.29, 0.717) is 46.3 Å². The van der Waals surface area contributed by atoms with Crippen LogP contribution in [0.4, 0.5) is 0 Å². The van der Waals surface area contributed by atoms with E-state index in [-0.39, 0.29) is 0 Å². The molecule has 0 N–H and O–H groups in total. The van der Waals surface area contributed by atoms with Crippen molar-refractivity contribution >= 4 is 43.6 Å². The molecule has 0 aliphatic carbocycles. The average molecular weight is 754 g/mol. The molecule has 5 aromatic heterocycles. The maximum atomic E-state index is 10.8. The number of para-hydroxylation sites is 2. The van der Waals surface area contributed by atoms with Crippen LogP contribution in [0.1, 0.15) is 40.4 Å². The third kappa shape index (κ3) is 5.65. The fourth-order valence-corrected chi connectivity index (χ4v) is 8.36. The van der Waals surface area contributed by atoms with Crippen molar-refractivity contribution in [3.05, 3.63) is 144 Å². The Kier molecular flexibility index (Phi) is 7.91. The van der Waals surface area contributed by atoms with E-state index in [1.54, 1.807) is 0 Å². The van der Waals surface area contributed by atoms with E-state index in [0.717, 1.165) is 83.1 Å². The van der Waals surface area contributed by atoms with Crippen LogP contribution in [0.25, 0.3) is 89.0 Å². The Hall–Kier alpha value is -7.71. The number of benzene rings is 5. The lowest BCUT2D eigenvalue weighted by atomic mass is 10.0. The van der Waals surface area contributed by atoms with Crippen LogP contribution in [0, 0.1) is 52.9 Å². The van der Waals surface area contributed by atoms with E-state index in [1.807, 2.05) is 71.9 Å². The Morgan fingerprint density at radius 2 is 0.862 bits per heavy atom. The molecule has 0 atom stereocenters. The molecule has 11 heteroatoms. The topological polar surface area (TPSA) is 137 Å². The van der Waals surface area contributed by atoms with Crippen LogP contribution < -0.4 is 0 Å². The largest absolute Gasteiger partial charge is 0.308 e. The van der Waals surface area contributed by atoms with Crippen molar-refractivity contribution in [3.63, 3.8) is 0 Å². The van der Waals surface area contributed by atoms with Gasteiger partial charge in [0.1, 0.15) is 29.1 Å². The van der Waals surface area contributed by atoms with Crippen LogP contribution in [0.2, 0.25) is 0 Å². The number of nitriles is 1. The molecule has 0 bridgehead atoms. The number of hydrogen-bond donors (Lipinski definition) is 0. The van der Waals surface area contributed by atoms with Crippen molar-refractivity contribution in [2.75, 3.05) is 0 Å². The Morgan fingerprint density at radius 1 is 0.431 bits per heavy atom. The van der Waals surface area contributed by atoms with E-state index >= 15 is 0 Å². The van der Waals surface area contributed by atoms with E-state index in [4.69, 9.17) is 24.9 Å². The molecule has 10 aromatic rings. The third-order valence-electron chi connectivity index (χ3n) is 10.5. The number of nitrogens with zero attached hydrogens (tertiary/aromatic N) is 11. The average Bonchev–Trinajstić information content (AvgIpc) is 3.71. The standard InChI is InChI=1S/C47H35N11/c1-25-19-38(52-26(2)49-25)45-43(57-39-13-9-7-11-34(39)36-17-15-32(22-41(36)57)46-53-27(3)50-28(4)54-46)20-31(24-48)21-44(45)58-40-14-10-8-12-35(40)37-18-16-33(23-42(37)58)47-55-29(5)51-30(6)56-47/h7-23H,1-6H3. The van der Waals surface area contributed by atoms with Crippen molar-refractivity contribution in [1.29, 1.82) is 5.26 Å². The first-order valence-electron chi connectivity index (χ1n) is 19.0. The highest BCUT2D eigenvalue weighted by Gasteiger charge is 2.25. The minimum Gasteiger partial charge on any atom is -0.308 e. The monoisotopic (exact) mass is 753 g/mol. The second-order valence-electron chi connectivity index (χ2n) is 14.6. The highest BCUT2D eigenvalue weighted by molar-refractivity contribution is 6.12. The van der Waals surface area contributed by atoms with Gasteiger partial charge in [0, 0.05) is 43.9 Å². The van der Waals surface area contributed by atoms with Gasteiger partial charge in [-0.2, -0.15) is 5.26 Å². The first kappa shape index (κ1) is 34.8. The molecule has 5 heterocycles. The fourth-order valence-electron chi connectivity index (χ4n) is 8.36. The predicted octanol–water partition coefficient (Wildman–Crippen LogP) is 9.76. The van der Waals surface area contributed by atoms with Gasteiger partial charge in [-0.25, -0.2) is 39.9 Å². The van der Waals surface area contributed by atoms with Crippen LogP contribution in [0.5, 0.6) is 0 Å². The minimum absolute atomic E-state index is 0.493. The lowest BCUT2D eigenvalue weighted by Crippen LogP contribution is -2.07. The Morgan fingerprint density at radius 3 is 1.31 bits per heavy atom. The lowest BCUT2D eigenvalue weighted by Gasteiger charge is -2.21. The molecular weight excluding hydrogens is 719 g/mol. The summed E-state index contributed by atoms with van der Waals surface area (Å²) in [6.45, 7) is 11.4. The van der Waals surface area contributed by atoms with E-state index in [2.05, 4.69) is 103 Å². The molecule has 0 aliphatic heterocycles. The summed E-state index contributed by atoms with van der Waals surface area (Å²) in [6.07, 6.45) is 0. The molecule has 0 saturated heterocycles. The van der Waals surface area contributed by atoms with Gasteiger partial charge < -0.3 is 9.13 Å². The Labute approximate surface area is 333 Å². The van der Waals surface area contributed by atoms with Crippen LogP contribution in [0.3, 0.4) is 0 Å². The van der Waals surface area contributed by atoms with E-state index in [9.17, 15) is 5.26 Å². The maximum absolute atomic E-state index is 10.8. The second kappa shape index (κ2) is 13.2. The van der Waals surface area contributed by atoms with Crippen molar-refractivity contribution in [2.24, 2.45) is 0 Å².